The van der Waals surface area contributed by atoms with Crippen LogP contribution in [0.5, 0.6) is 0 Å². The van der Waals surface area contributed by atoms with Crippen LogP contribution in [0.25, 0.3) is 6.08 Å². The van der Waals surface area contributed by atoms with Gasteiger partial charge in [-0.1, -0.05) is 0 Å². The Balaban J connectivity index is 1.95. The van der Waals surface area contributed by atoms with Gasteiger partial charge in [0.2, 0.25) is 0 Å². The molecule has 27 heavy (non-hydrogen) atoms. The first-order valence-corrected chi connectivity index (χ1v) is 8.68. The van der Waals surface area contributed by atoms with E-state index in [0.717, 1.165) is 10.5 Å². The smallest absolute Gasteiger partial charge is 0.290 e. The number of likely N-dealkylation sites (N-methyl/N-ethyl adjacent to an activating group) is 1. The zero-order valence-corrected chi connectivity index (χ0v) is 15.3. The second kappa shape index (κ2) is 8.01. The van der Waals surface area contributed by atoms with Crippen molar-refractivity contribution in [3.63, 3.8) is 0 Å². The van der Waals surface area contributed by atoms with Crippen LogP contribution in [0, 0.1) is 0 Å². The number of nitrogens with one attached hydrogen (secondary N) is 1. The van der Waals surface area contributed by atoms with Crippen molar-refractivity contribution in [2.24, 2.45) is 0 Å². The summed E-state index contributed by atoms with van der Waals surface area (Å²) in [5.41, 5.74) is 0.800. The standard InChI is InChI=1S/C20H21N3O4/c1-22(2)11-12-23-18(14-7-9-21-10-8-14)17(19(25)20(23)26)16(24)6-5-15-4-3-13-27-15/h3-10,13,18,25H,11-12H2,1-2H3/p+1/b6-5+/t18-/m0/s1. The maximum absolute atomic E-state index is 12.8. The molecule has 1 amide bonds. The molecule has 1 aliphatic rings. The lowest BCUT2D eigenvalue weighted by atomic mass is 9.96. The van der Waals surface area contributed by atoms with Crippen molar-refractivity contribution in [2.75, 3.05) is 27.2 Å². The molecule has 0 unspecified atom stereocenters. The quantitative estimate of drug-likeness (QED) is 0.706. The van der Waals surface area contributed by atoms with Crippen LogP contribution >= 0.6 is 0 Å². The number of aliphatic hydroxyl groups excluding tert-OH is 1. The minimum absolute atomic E-state index is 0.0720. The molecular formula is C20H22N3O4+. The van der Waals surface area contributed by atoms with Crippen molar-refractivity contribution < 1.29 is 24.0 Å². The van der Waals surface area contributed by atoms with E-state index in [1.54, 1.807) is 36.7 Å². The van der Waals surface area contributed by atoms with Gasteiger partial charge in [-0.05, 0) is 42.0 Å². The maximum Gasteiger partial charge on any atom is 0.290 e. The Hall–Kier alpha value is -3.19. The molecule has 0 spiro atoms. The molecule has 7 heteroatoms. The summed E-state index contributed by atoms with van der Waals surface area (Å²) in [6.07, 6.45) is 7.54. The van der Waals surface area contributed by atoms with Crippen LogP contribution in [0.3, 0.4) is 0 Å². The minimum Gasteiger partial charge on any atom is -0.503 e. The number of carbonyl (C=O) groups is 2. The van der Waals surface area contributed by atoms with Gasteiger partial charge in [0.05, 0.1) is 45.1 Å². The molecule has 3 rings (SSSR count). The van der Waals surface area contributed by atoms with E-state index in [9.17, 15) is 14.7 Å². The highest BCUT2D eigenvalue weighted by atomic mass is 16.3. The summed E-state index contributed by atoms with van der Waals surface area (Å²) in [4.78, 5) is 32.2. The lowest BCUT2D eigenvalue weighted by Crippen LogP contribution is -3.06. The Kier molecular flexibility index (Phi) is 5.52. The van der Waals surface area contributed by atoms with Gasteiger partial charge in [0.25, 0.3) is 5.91 Å². The van der Waals surface area contributed by atoms with Gasteiger partial charge in [0.15, 0.2) is 11.5 Å². The Morgan fingerprint density at radius 1 is 1.33 bits per heavy atom. The Morgan fingerprint density at radius 3 is 2.70 bits per heavy atom. The zero-order valence-electron chi connectivity index (χ0n) is 15.3. The third-order valence-electron chi connectivity index (χ3n) is 4.39. The SMILES string of the molecule is C[NH+](C)CCN1C(=O)C(O)=C(C(=O)/C=C/c2ccco2)[C@@H]1c1ccncc1. The van der Waals surface area contributed by atoms with Crippen LogP contribution in [0.15, 0.2) is 64.7 Å². The molecule has 0 fully saturated rings. The van der Waals surface area contributed by atoms with Crippen LogP contribution in [0.1, 0.15) is 17.4 Å². The highest BCUT2D eigenvalue weighted by Gasteiger charge is 2.42. The van der Waals surface area contributed by atoms with E-state index >= 15 is 0 Å². The van der Waals surface area contributed by atoms with E-state index in [0.29, 0.717) is 18.8 Å². The number of amides is 1. The summed E-state index contributed by atoms with van der Waals surface area (Å²) in [6.45, 7) is 1.10. The highest BCUT2D eigenvalue weighted by Crippen LogP contribution is 2.37. The number of hydrogen-bond acceptors (Lipinski definition) is 5. The summed E-state index contributed by atoms with van der Waals surface area (Å²) in [5, 5.41) is 10.4. The molecule has 1 atom stereocenters. The fourth-order valence-electron chi connectivity index (χ4n) is 3.01. The molecular weight excluding hydrogens is 346 g/mol. The third kappa shape index (κ3) is 3.98. The number of aliphatic hydroxyl groups is 1. The van der Waals surface area contributed by atoms with Gasteiger partial charge in [-0.2, -0.15) is 0 Å². The fourth-order valence-corrected chi connectivity index (χ4v) is 3.01. The molecule has 2 aromatic rings. The molecule has 3 heterocycles. The van der Waals surface area contributed by atoms with E-state index in [1.807, 2.05) is 14.1 Å². The van der Waals surface area contributed by atoms with Crippen LogP contribution in [-0.4, -0.2) is 53.9 Å². The van der Waals surface area contributed by atoms with Crippen LogP contribution in [0.2, 0.25) is 0 Å². The van der Waals surface area contributed by atoms with E-state index in [-0.39, 0.29) is 5.57 Å². The normalized spacial score (nSPS) is 17.5. The second-order valence-corrected chi connectivity index (χ2v) is 6.61. The van der Waals surface area contributed by atoms with Gasteiger partial charge in [-0.25, -0.2) is 0 Å². The van der Waals surface area contributed by atoms with Crippen molar-refractivity contribution in [1.29, 1.82) is 0 Å². The predicted molar refractivity (Wildman–Crippen MR) is 98.8 cm³/mol. The molecule has 2 N–H and O–H groups in total. The van der Waals surface area contributed by atoms with Crippen molar-refractivity contribution in [3.8, 4) is 0 Å². The average Bonchev–Trinajstić information content (AvgIpc) is 3.26. The molecule has 0 radical (unpaired) electrons. The van der Waals surface area contributed by atoms with Gasteiger partial charge >= 0.3 is 0 Å². The Bertz CT molecular complexity index is 870. The van der Waals surface area contributed by atoms with E-state index in [4.69, 9.17) is 4.42 Å². The molecule has 0 bridgehead atoms. The number of quaternary nitrogens is 1. The first-order valence-electron chi connectivity index (χ1n) is 8.68. The Morgan fingerprint density at radius 2 is 2.07 bits per heavy atom. The van der Waals surface area contributed by atoms with Crippen LogP contribution in [-0.2, 0) is 9.59 Å². The highest BCUT2D eigenvalue weighted by molar-refractivity contribution is 6.14. The lowest BCUT2D eigenvalue weighted by Gasteiger charge is -2.26. The molecule has 0 aromatic carbocycles. The number of rotatable bonds is 7. The van der Waals surface area contributed by atoms with Crippen LogP contribution in [0.4, 0.5) is 0 Å². The van der Waals surface area contributed by atoms with Gasteiger partial charge in [-0.3, -0.25) is 14.6 Å². The predicted octanol–water partition coefficient (Wildman–Crippen LogP) is 0.797. The number of allylic oxidation sites excluding steroid dienone is 1. The van der Waals surface area contributed by atoms with E-state index < -0.39 is 23.5 Å². The summed E-state index contributed by atoms with van der Waals surface area (Å²) in [5.74, 6) is -0.951. The molecule has 2 aromatic heterocycles. The van der Waals surface area contributed by atoms with E-state index in [1.165, 1.54) is 23.3 Å². The van der Waals surface area contributed by atoms with Crippen molar-refractivity contribution in [1.82, 2.24) is 9.88 Å². The van der Waals surface area contributed by atoms with Gasteiger partial charge in [0.1, 0.15) is 5.76 Å². The monoisotopic (exact) mass is 368 g/mol. The second-order valence-electron chi connectivity index (χ2n) is 6.61. The molecule has 7 nitrogen and oxygen atoms in total. The van der Waals surface area contributed by atoms with Crippen molar-refractivity contribution in [3.05, 3.63) is 71.7 Å². The molecule has 140 valence electrons. The summed E-state index contributed by atoms with van der Waals surface area (Å²) >= 11 is 0. The maximum atomic E-state index is 12.8. The molecule has 1 aliphatic heterocycles. The third-order valence-corrected chi connectivity index (χ3v) is 4.39. The van der Waals surface area contributed by atoms with Gasteiger partial charge in [0, 0.05) is 12.4 Å². The largest absolute Gasteiger partial charge is 0.503 e. The van der Waals surface area contributed by atoms with E-state index in [2.05, 4.69) is 4.98 Å². The number of pyridine rings is 1. The van der Waals surface area contributed by atoms with Gasteiger partial charge < -0.3 is 19.3 Å². The summed E-state index contributed by atoms with van der Waals surface area (Å²) in [6, 6.07) is 6.27. The summed E-state index contributed by atoms with van der Waals surface area (Å²) < 4.78 is 5.19. The number of nitrogens with zero attached hydrogens (tertiary/aromatic N) is 2. The van der Waals surface area contributed by atoms with Crippen molar-refractivity contribution >= 4 is 17.8 Å². The number of ketones is 1. The minimum atomic E-state index is -0.645. The topological polar surface area (TPSA) is 88.1 Å². The lowest BCUT2D eigenvalue weighted by molar-refractivity contribution is -0.857. The Labute approximate surface area is 157 Å². The first-order chi connectivity index (χ1) is 13.0. The molecule has 0 saturated carbocycles. The number of hydrogen-bond donors (Lipinski definition) is 2. The van der Waals surface area contributed by atoms with Gasteiger partial charge in [-0.15, -0.1) is 0 Å². The van der Waals surface area contributed by atoms with Crippen LogP contribution < -0.4 is 4.90 Å². The average molecular weight is 368 g/mol. The first kappa shape index (κ1) is 18.6. The molecule has 0 aliphatic carbocycles. The number of furan rings is 1. The number of aromatic nitrogens is 1. The number of carbonyl (C=O) groups excluding carboxylic acids is 2. The molecule has 0 saturated heterocycles. The summed E-state index contributed by atoms with van der Waals surface area (Å²) in [7, 11) is 3.96. The zero-order chi connectivity index (χ0) is 19.4. The fraction of sp³-hybridized carbons (Fsp3) is 0.250. The van der Waals surface area contributed by atoms with Crippen molar-refractivity contribution in [2.45, 2.75) is 6.04 Å².